The largest absolute Gasteiger partial charge is 0.339 e. The number of nitrogens with zero attached hydrogens (tertiary/aromatic N) is 4. The van der Waals surface area contributed by atoms with Gasteiger partial charge in [0, 0.05) is 29.6 Å². The Kier molecular flexibility index (Phi) is 5.43. The molecule has 3 heterocycles. The van der Waals surface area contributed by atoms with Crippen molar-refractivity contribution >= 4 is 11.6 Å². The molecule has 0 radical (unpaired) electrons. The van der Waals surface area contributed by atoms with Gasteiger partial charge in [0.15, 0.2) is 0 Å². The van der Waals surface area contributed by atoms with Crippen molar-refractivity contribution in [1.82, 2.24) is 20.0 Å². The van der Waals surface area contributed by atoms with Gasteiger partial charge < -0.3 is 9.84 Å². The number of carbonyl (C=O) groups is 1. The summed E-state index contributed by atoms with van der Waals surface area (Å²) in [7, 11) is 0. The van der Waals surface area contributed by atoms with Crippen molar-refractivity contribution in [2.45, 2.75) is 25.7 Å². The summed E-state index contributed by atoms with van der Waals surface area (Å²) in [6.45, 7) is 4.05. The third-order valence-corrected chi connectivity index (χ3v) is 5.10. The number of aryl methyl sites for hydroxylation is 1. The Morgan fingerprint density at radius 2 is 1.93 bits per heavy atom. The lowest BCUT2D eigenvalue weighted by atomic mass is 9.97. The van der Waals surface area contributed by atoms with Crippen LogP contribution < -0.4 is 5.32 Å². The number of rotatable bonds is 5. The van der Waals surface area contributed by atoms with Crippen molar-refractivity contribution in [1.29, 1.82) is 0 Å². The quantitative estimate of drug-likeness (QED) is 0.735. The van der Waals surface area contributed by atoms with Crippen LogP contribution in [0.15, 0.2) is 53.3 Å². The maximum absolute atomic E-state index is 12.3. The molecule has 1 N–H and O–H groups in total. The zero-order chi connectivity index (χ0) is 19.3. The van der Waals surface area contributed by atoms with Crippen LogP contribution in [0, 0.1) is 6.92 Å². The normalized spacial score (nSPS) is 15.5. The average Bonchev–Trinajstić information content (AvgIpc) is 3.21. The lowest BCUT2D eigenvalue weighted by Gasteiger charge is -2.29. The highest BCUT2D eigenvalue weighted by Crippen LogP contribution is 2.28. The molecule has 1 saturated heterocycles. The van der Waals surface area contributed by atoms with Gasteiger partial charge >= 0.3 is 0 Å². The molecule has 0 saturated carbocycles. The molecule has 1 fully saturated rings. The number of anilines is 1. The summed E-state index contributed by atoms with van der Waals surface area (Å²) in [5.41, 5.74) is 2.84. The van der Waals surface area contributed by atoms with E-state index in [1.165, 1.54) is 0 Å². The Hall–Kier alpha value is -3.06. The molecule has 1 aliphatic heterocycles. The van der Waals surface area contributed by atoms with Gasteiger partial charge in [-0.25, -0.2) is 0 Å². The zero-order valence-electron chi connectivity index (χ0n) is 15.8. The minimum atomic E-state index is 0.0190. The molecular formula is C21H23N5O2. The number of piperidine rings is 1. The van der Waals surface area contributed by atoms with E-state index in [-0.39, 0.29) is 11.8 Å². The molecule has 4 rings (SSSR count). The molecule has 0 atom stereocenters. The van der Waals surface area contributed by atoms with Crippen LogP contribution in [-0.2, 0) is 4.79 Å². The summed E-state index contributed by atoms with van der Waals surface area (Å²) in [5.74, 6) is 1.53. The summed E-state index contributed by atoms with van der Waals surface area (Å²) in [4.78, 5) is 23.1. The van der Waals surface area contributed by atoms with Crippen LogP contribution in [0.3, 0.4) is 0 Å². The Morgan fingerprint density at radius 1 is 1.18 bits per heavy atom. The van der Waals surface area contributed by atoms with Crippen molar-refractivity contribution in [2.75, 3.05) is 25.0 Å². The molecule has 1 aromatic carbocycles. The van der Waals surface area contributed by atoms with Gasteiger partial charge in [0.1, 0.15) is 0 Å². The number of nitrogens with one attached hydrogen (secondary N) is 1. The molecule has 0 bridgehead atoms. The van der Waals surface area contributed by atoms with Crippen molar-refractivity contribution in [3.8, 4) is 11.4 Å². The van der Waals surface area contributed by atoms with E-state index in [0.717, 1.165) is 42.7 Å². The molecule has 3 aromatic rings. The zero-order valence-corrected chi connectivity index (χ0v) is 15.8. The van der Waals surface area contributed by atoms with Gasteiger partial charge in [-0.1, -0.05) is 23.4 Å². The second-order valence-corrected chi connectivity index (χ2v) is 7.11. The van der Waals surface area contributed by atoms with Gasteiger partial charge in [0.05, 0.1) is 6.54 Å². The highest BCUT2D eigenvalue weighted by Gasteiger charge is 2.26. The molecule has 7 nitrogen and oxygen atoms in total. The number of carbonyl (C=O) groups excluding carboxylic acids is 1. The van der Waals surface area contributed by atoms with E-state index in [9.17, 15) is 4.79 Å². The van der Waals surface area contributed by atoms with E-state index in [0.29, 0.717) is 18.3 Å². The van der Waals surface area contributed by atoms with E-state index >= 15 is 0 Å². The van der Waals surface area contributed by atoms with Crippen LogP contribution >= 0.6 is 0 Å². The predicted molar refractivity (Wildman–Crippen MR) is 106 cm³/mol. The number of benzene rings is 1. The fourth-order valence-electron chi connectivity index (χ4n) is 3.46. The summed E-state index contributed by atoms with van der Waals surface area (Å²) in [6, 6.07) is 11.5. The van der Waals surface area contributed by atoms with Gasteiger partial charge in [-0.15, -0.1) is 0 Å². The number of hydrogen-bond donors (Lipinski definition) is 1. The first-order valence-corrected chi connectivity index (χ1v) is 9.51. The minimum Gasteiger partial charge on any atom is -0.339 e. The van der Waals surface area contributed by atoms with E-state index < -0.39 is 0 Å². The molecule has 28 heavy (non-hydrogen) atoms. The van der Waals surface area contributed by atoms with Crippen LogP contribution in [0.2, 0.25) is 0 Å². The molecule has 144 valence electrons. The van der Waals surface area contributed by atoms with Crippen molar-refractivity contribution in [3.05, 3.63) is 60.2 Å². The summed E-state index contributed by atoms with van der Waals surface area (Å²) in [5, 5.41) is 7.09. The summed E-state index contributed by atoms with van der Waals surface area (Å²) < 4.78 is 5.49. The molecule has 1 amide bonds. The number of aromatic nitrogens is 3. The number of likely N-dealkylation sites (tertiary alicyclic amines) is 1. The first kappa shape index (κ1) is 18.3. The van der Waals surface area contributed by atoms with E-state index in [2.05, 4.69) is 25.3 Å². The smallest absolute Gasteiger partial charge is 0.238 e. The summed E-state index contributed by atoms with van der Waals surface area (Å²) >= 11 is 0. The molecule has 0 unspecified atom stereocenters. The van der Waals surface area contributed by atoms with Gasteiger partial charge in [-0.05, 0) is 56.6 Å². The molecular weight excluding hydrogens is 354 g/mol. The lowest BCUT2D eigenvalue weighted by molar-refractivity contribution is -0.117. The minimum absolute atomic E-state index is 0.0190. The SMILES string of the molecule is Cc1ccccc1NC(=O)CN1CCC(c2nc(-c3ccncc3)no2)CC1. The fourth-order valence-corrected chi connectivity index (χ4v) is 3.46. The lowest BCUT2D eigenvalue weighted by Crippen LogP contribution is -2.38. The number of amides is 1. The average molecular weight is 377 g/mol. The van der Waals surface area contributed by atoms with Gasteiger partial charge in [-0.2, -0.15) is 4.98 Å². The van der Waals surface area contributed by atoms with Crippen molar-refractivity contribution < 1.29 is 9.32 Å². The topological polar surface area (TPSA) is 84.2 Å². The van der Waals surface area contributed by atoms with Crippen LogP contribution in [0.25, 0.3) is 11.4 Å². The maximum Gasteiger partial charge on any atom is 0.238 e. The van der Waals surface area contributed by atoms with Gasteiger partial charge in [0.2, 0.25) is 17.6 Å². The Balaban J connectivity index is 1.30. The first-order chi connectivity index (χ1) is 13.7. The standard InChI is InChI=1S/C21H23N5O2/c1-15-4-2-3-5-18(15)23-19(27)14-26-12-8-17(9-13-26)21-24-20(25-28-21)16-6-10-22-11-7-16/h2-7,10-11,17H,8-9,12-14H2,1H3,(H,23,27). The van der Waals surface area contributed by atoms with Crippen LogP contribution in [-0.4, -0.2) is 45.6 Å². The van der Waals surface area contributed by atoms with Crippen molar-refractivity contribution in [3.63, 3.8) is 0 Å². The van der Waals surface area contributed by atoms with E-state index in [1.807, 2.05) is 43.3 Å². The second kappa shape index (κ2) is 8.31. The highest BCUT2D eigenvalue weighted by molar-refractivity contribution is 5.92. The second-order valence-electron chi connectivity index (χ2n) is 7.11. The van der Waals surface area contributed by atoms with Crippen LogP contribution in [0.5, 0.6) is 0 Å². The number of pyridine rings is 1. The molecule has 7 heteroatoms. The highest BCUT2D eigenvalue weighted by atomic mass is 16.5. The van der Waals surface area contributed by atoms with Gasteiger partial charge in [-0.3, -0.25) is 14.7 Å². The maximum atomic E-state index is 12.3. The van der Waals surface area contributed by atoms with Crippen LogP contribution in [0.4, 0.5) is 5.69 Å². The number of para-hydroxylation sites is 1. The first-order valence-electron chi connectivity index (χ1n) is 9.51. The fraction of sp³-hybridized carbons (Fsp3) is 0.333. The van der Waals surface area contributed by atoms with Gasteiger partial charge in [0.25, 0.3) is 0 Å². The predicted octanol–water partition coefficient (Wildman–Crippen LogP) is 3.26. The summed E-state index contributed by atoms with van der Waals surface area (Å²) in [6.07, 6.45) is 5.23. The molecule has 0 spiro atoms. The monoisotopic (exact) mass is 377 g/mol. The van der Waals surface area contributed by atoms with E-state index in [1.54, 1.807) is 12.4 Å². The van der Waals surface area contributed by atoms with Crippen LogP contribution in [0.1, 0.15) is 30.2 Å². The molecule has 2 aromatic heterocycles. The Labute approximate surface area is 163 Å². The Bertz CT molecular complexity index is 933. The molecule has 1 aliphatic rings. The molecule has 0 aliphatic carbocycles. The third kappa shape index (κ3) is 4.26. The van der Waals surface area contributed by atoms with E-state index in [4.69, 9.17) is 4.52 Å². The third-order valence-electron chi connectivity index (χ3n) is 5.10. The van der Waals surface area contributed by atoms with Crippen molar-refractivity contribution in [2.24, 2.45) is 0 Å². The Morgan fingerprint density at radius 3 is 2.68 bits per heavy atom. The number of hydrogen-bond acceptors (Lipinski definition) is 6.